The van der Waals surface area contributed by atoms with E-state index < -0.39 is 34.7 Å². The number of aromatic amines is 1. The van der Waals surface area contributed by atoms with Gasteiger partial charge in [-0.1, -0.05) is 24.3 Å². The second-order valence-corrected chi connectivity index (χ2v) is 5.98. The summed E-state index contributed by atoms with van der Waals surface area (Å²) >= 11 is 0. The van der Waals surface area contributed by atoms with Crippen LogP contribution in [0.1, 0.15) is 10.4 Å². The molecule has 0 unspecified atom stereocenters. The zero-order valence-corrected chi connectivity index (χ0v) is 14.1. The Labute approximate surface area is 155 Å². The predicted molar refractivity (Wildman–Crippen MR) is 95.8 cm³/mol. The summed E-state index contributed by atoms with van der Waals surface area (Å²) in [7, 11) is 0. The van der Waals surface area contributed by atoms with Gasteiger partial charge in [-0.15, -0.1) is 0 Å². The molecule has 1 heterocycles. The molecule has 1 aromatic heterocycles. The number of rotatable bonds is 3. The van der Waals surface area contributed by atoms with E-state index in [1.165, 1.54) is 6.07 Å². The SMILES string of the molecule is O=C(Nc1n[nH]c2cc(-c3ccccc3F)ccc12)c1c(F)ccc(F)c1F. The Morgan fingerprint density at radius 3 is 2.43 bits per heavy atom. The van der Waals surface area contributed by atoms with Crippen molar-refractivity contribution >= 4 is 22.6 Å². The second-order valence-electron chi connectivity index (χ2n) is 5.98. The van der Waals surface area contributed by atoms with Crippen molar-refractivity contribution in [1.29, 1.82) is 0 Å². The van der Waals surface area contributed by atoms with Gasteiger partial charge in [0.15, 0.2) is 17.5 Å². The molecule has 0 saturated carbocycles. The van der Waals surface area contributed by atoms with Crippen molar-refractivity contribution < 1.29 is 22.4 Å². The lowest BCUT2D eigenvalue weighted by Gasteiger charge is -2.06. The fraction of sp³-hybridized carbons (Fsp3) is 0. The van der Waals surface area contributed by atoms with E-state index in [0.717, 1.165) is 0 Å². The maximum absolute atomic E-state index is 14.0. The molecule has 4 nitrogen and oxygen atoms in total. The molecular weight excluding hydrogens is 374 g/mol. The van der Waals surface area contributed by atoms with Crippen LogP contribution in [0.2, 0.25) is 0 Å². The number of hydrogen-bond donors (Lipinski definition) is 2. The van der Waals surface area contributed by atoms with Gasteiger partial charge in [0, 0.05) is 10.9 Å². The second kappa shape index (κ2) is 6.80. The highest BCUT2D eigenvalue weighted by Crippen LogP contribution is 2.29. The standard InChI is InChI=1S/C20H11F4N3O/c21-13-4-2-1-3-11(13)10-5-6-12-16(9-10)26-27-19(12)25-20(28)17-14(22)7-8-15(23)18(17)24/h1-9H,(H2,25,26,27,28). The Kier molecular flexibility index (Phi) is 4.31. The molecule has 4 aromatic rings. The van der Waals surface area contributed by atoms with Gasteiger partial charge in [-0.3, -0.25) is 9.89 Å². The molecule has 4 rings (SSSR count). The first-order chi connectivity index (χ1) is 13.5. The molecule has 0 atom stereocenters. The number of nitrogens with one attached hydrogen (secondary N) is 2. The lowest BCUT2D eigenvalue weighted by Crippen LogP contribution is -2.17. The lowest BCUT2D eigenvalue weighted by atomic mass is 10.0. The highest BCUT2D eigenvalue weighted by Gasteiger charge is 2.22. The van der Waals surface area contributed by atoms with E-state index in [4.69, 9.17) is 0 Å². The van der Waals surface area contributed by atoms with Gasteiger partial charge in [-0.05, 0) is 35.9 Å². The molecular formula is C20H11F4N3O. The molecule has 3 aromatic carbocycles. The number of nitrogens with zero attached hydrogens (tertiary/aromatic N) is 1. The summed E-state index contributed by atoms with van der Waals surface area (Å²) in [5.74, 6) is -5.69. The molecule has 2 N–H and O–H groups in total. The van der Waals surface area contributed by atoms with Crippen molar-refractivity contribution in [3.63, 3.8) is 0 Å². The molecule has 0 bridgehead atoms. The summed E-state index contributed by atoms with van der Waals surface area (Å²) in [4.78, 5) is 12.2. The highest BCUT2D eigenvalue weighted by atomic mass is 19.2. The lowest BCUT2D eigenvalue weighted by molar-refractivity contribution is 0.101. The van der Waals surface area contributed by atoms with Crippen LogP contribution in [-0.4, -0.2) is 16.1 Å². The van der Waals surface area contributed by atoms with E-state index in [-0.39, 0.29) is 5.82 Å². The van der Waals surface area contributed by atoms with E-state index in [1.54, 1.807) is 36.4 Å². The first kappa shape index (κ1) is 17.7. The number of carbonyl (C=O) groups excluding carboxylic acids is 1. The number of halogens is 4. The number of carbonyl (C=O) groups is 1. The Balaban J connectivity index is 1.69. The van der Waals surface area contributed by atoms with Crippen LogP contribution in [0.4, 0.5) is 23.4 Å². The molecule has 8 heteroatoms. The van der Waals surface area contributed by atoms with Gasteiger partial charge in [0.2, 0.25) is 0 Å². The molecule has 0 radical (unpaired) electrons. The number of fused-ring (bicyclic) bond motifs is 1. The van der Waals surface area contributed by atoms with Crippen LogP contribution in [0.25, 0.3) is 22.0 Å². The van der Waals surface area contributed by atoms with Crippen LogP contribution in [-0.2, 0) is 0 Å². The number of amides is 1. The van der Waals surface area contributed by atoms with Gasteiger partial charge in [0.1, 0.15) is 17.2 Å². The van der Waals surface area contributed by atoms with E-state index in [1.807, 2.05) is 0 Å². The van der Waals surface area contributed by atoms with Gasteiger partial charge < -0.3 is 5.32 Å². The third kappa shape index (κ3) is 2.98. The first-order valence-corrected chi connectivity index (χ1v) is 8.13. The Morgan fingerprint density at radius 1 is 0.893 bits per heavy atom. The van der Waals surface area contributed by atoms with Crippen molar-refractivity contribution in [2.24, 2.45) is 0 Å². The van der Waals surface area contributed by atoms with Crippen LogP contribution in [0.15, 0.2) is 54.6 Å². The van der Waals surface area contributed by atoms with E-state index in [2.05, 4.69) is 15.5 Å². The molecule has 0 saturated heterocycles. The molecule has 1 amide bonds. The van der Waals surface area contributed by atoms with E-state index in [0.29, 0.717) is 34.2 Å². The minimum atomic E-state index is -1.58. The molecule has 140 valence electrons. The summed E-state index contributed by atoms with van der Waals surface area (Å²) in [5, 5.41) is 9.27. The largest absolute Gasteiger partial charge is 0.304 e. The fourth-order valence-corrected chi connectivity index (χ4v) is 2.88. The Bertz CT molecular complexity index is 1220. The number of H-pyrrole nitrogens is 1. The predicted octanol–water partition coefficient (Wildman–Crippen LogP) is 5.04. The molecule has 28 heavy (non-hydrogen) atoms. The van der Waals surface area contributed by atoms with E-state index in [9.17, 15) is 22.4 Å². The Morgan fingerprint density at radius 2 is 1.64 bits per heavy atom. The zero-order valence-electron chi connectivity index (χ0n) is 14.1. The van der Waals surface area contributed by atoms with Gasteiger partial charge >= 0.3 is 0 Å². The molecule has 0 fully saturated rings. The number of anilines is 1. The van der Waals surface area contributed by atoms with Crippen molar-refractivity contribution in [1.82, 2.24) is 10.2 Å². The molecule has 0 aliphatic heterocycles. The number of benzene rings is 3. The topological polar surface area (TPSA) is 57.8 Å². The number of hydrogen-bond acceptors (Lipinski definition) is 2. The summed E-state index contributed by atoms with van der Waals surface area (Å²) in [6, 6.07) is 12.3. The summed E-state index contributed by atoms with van der Waals surface area (Å²) < 4.78 is 54.8. The normalized spacial score (nSPS) is 11.0. The monoisotopic (exact) mass is 385 g/mol. The third-order valence-corrected chi connectivity index (χ3v) is 4.25. The summed E-state index contributed by atoms with van der Waals surface area (Å²) in [5.41, 5.74) is 0.387. The van der Waals surface area contributed by atoms with Crippen LogP contribution in [0.3, 0.4) is 0 Å². The van der Waals surface area contributed by atoms with Gasteiger partial charge in [-0.25, -0.2) is 17.6 Å². The smallest absolute Gasteiger partial charge is 0.262 e. The number of aromatic nitrogens is 2. The van der Waals surface area contributed by atoms with Crippen molar-refractivity contribution in [3.8, 4) is 11.1 Å². The quantitative estimate of drug-likeness (QED) is 0.384. The fourth-order valence-electron chi connectivity index (χ4n) is 2.88. The summed E-state index contributed by atoms with van der Waals surface area (Å²) in [6.45, 7) is 0. The van der Waals surface area contributed by atoms with Crippen LogP contribution in [0.5, 0.6) is 0 Å². The molecule has 0 aliphatic rings. The van der Waals surface area contributed by atoms with Gasteiger partial charge in [0.05, 0.1) is 5.52 Å². The summed E-state index contributed by atoms with van der Waals surface area (Å²) in [6.07, 6.45) is 0. The first-order valence-electron chi connectivity index (χ1n) is 8.13. The maximum atomic E-state index is 14.0. The average molecular weight is 385 g/mol. The highest BCUT2D eigenvalue weighted by molar-refractivity contribution is 6.08. The van der Waals surface area contributed by atoms with E-state index >= 15 is 0 Å². The molecule has 0 aliphatic carbocycles. The Hall–Kier alpha value is -3.68. The van der Waals surface area contributed by atoms with Crippen LogP contribution in [0, 0.1) is 23.3 Å². The van der Waals surface area contributed by atoms with Crippen LogP contribution >= 0.6 is 0 Å². The molecule has 0 spiro atoms. The van der Waals surface area contributed by atoms with Crippen LogP contribution < -0.4 is 5.32 Å². The van der Waals surface area contributed by atoms with Crippen molar-refractivity contribution in [2.45, 2.75) is 0 Å². The maximum Gasteiger partial charge on any atom is 0.262 e. The van der Waals surface area contributed by atoms with Crippen molar-refractivity contribution in [2.75, 3.05) is 5.32 Å². The third-order valence-electron chi connectivity index (χ3n) is 4.25. The van der Waals surface area contributed by atoms with Crippen molar-refractivity contribution in [3.05, 3.63) is 83.4 Å². The zero-order chi connectivity index (χ0) is 19.8. The minimum absolute atomic E-state index is 0.00291. The van der Waals surface area contributed by atoms with Gasteiger partial charge in [0.25, 0.3) is 5.91 Å². The van der Waals surface area contributed by atoms with Gasteiger partial charge in [-0.2, -0.15) is 5.10 Å². The average Bonchev–Trinajstić information content (AvgIpc) is 3.07. The minimum Gasteiger partial charge on any atom is -0.304 e.